The van der Waals surface area contributed by atoms with Gasteiger partial charge in [-0.1, -0.05) is 50.2 Å². The Bertz CT molecular complexity index is 3010. The smallest absolute Gasteiger partial charge is 0.866 e. The molecule has 0 unspecified atom stereocenters. The first-order valence-corrected chi connectivity index (χ1v) is 17.7. The number of rotatable bonds is 0. The summed E-state index contributed by atoms with van der Waals surface area (Å²) >= 11 is 0. The van der Waals surface area contributed by atoms with Gasteiger partial charge in [0.15, 0.2) is 0 Å². The molecule has 0 atom stereocenters. The van der Waals surface area contributed by atoms with E-state index in [4.69, 9.17) is 40.4 Å². The maximum Gasteiger partial charge on any atom is 2.00 e. The fourth-order valence-electron chi connectivity index (χ4n) is 6.63. The number of aromatic nitrogens is 8. The Morgan fingerprint density at radius 2 is 0.603 bits per heavy atom. The zero-order valence-electron chi connectivity index (χ0n) is 30.7. The monoisotopic (exact) mass is 940 g/mol. The van der Waals surface area contributed by atoms with Crippen LogP contribution in [0.2, 0.25) is 0 Å². The van der Waals surface area contributed by atoms with Crippen LogP contribution in [0.5, 0.6) is 0 Å². The molecule has 6 heterocycles. The summed E-state index contributed by atoms with van der Waals surface area (Å²) in [6.45, 7) is 2.11. The summed E-state index contributed by atoms with van der Waals surface area (Å²) in [4.78, 5) is 37.7. The fraction of sp³-hybridized carbons (Fsp3) is 0.0909. The van der Waals surface area contributed by atoms with Crippen molar-refractivity contribution in [3.05, 3.63) is 134 Å². The van der Waals surface area contributed by atoms with Crippen molar-refractivity contribution >= 4 is 98.5 Å². The maximum atomic E-state index is 8.97. The van der Waals surface area contributed by atoms with Gasteiger partial charge in [0.05, 0.1) is 66.2 Å². The van der Waals surface area contributed by atoms with E-state index in [9.17, 15) is 0 Å². The summed E-state index contributed by atoms with van der Waals surface area (Å²) in [5.74, 6) is 0. The van der Waals surface area contributed by atoms with E-state index in [0.29, 0.717) is 0 Å². The van der Waals surface area contributed by atoms with E-state index in [1.165, 1.54) is 10.8 Å². The summed E-state index contributed by atoms with van der Waals surface area (Å²) in [6.07, 6.45) is 3.84. The van der Waals surface area contributed by atoms with Gasteiger partial charge in [-0.2, -0.15) is 0 Å². The summed E-state index contributed by atoms with van der Waals surface area (Å²) < 4.78 is 0. The zero-order valence-corrected chi connectivity index (χ0v) is 34.0. The minimum atomic E-state index is -1.67. The molecule has 11 aromatic rings. The molecule has 12 nitrogen and oxygen atoms in total. The number of benzene rings is 5. The van der Waals surface area contributed by atoms with Gasteiger partial charge in [-0.25, -0.2) is 32.5 Å². The molecular weight excluding hydrogens is 910 g/mol. The van der Waals surface area contributed by atoms with Crippen LogP contribution in [-0.2, 0) is 39.0 Å². The summed E-state index contributed by atoms with van der Waals surface area (Å²) in [7, 11) is 0. The number of para-hydroxylation sites is 2. The van der Waals surface area contributed by atoms with Crippen molar-refractivity contribution in [2.45, 2.75) is 26.4 Å². The van der Waals surface area contributed by atoms with Crippen molar-refractivity contribution in [2.24, 2.45) is 0 Å². The van der Waals surface area contributed by atoms with Crippen LogP contribution in [0.3, 0.4) is 0 Å². The van der Waals surface area contributed by atoms with Gasteiger partial charge in [0.2, 0.25) is 0 Å². The first kappa shape index (κ1) is 41.9. The Morgan fingerprint density at radius 1 is 0.345 bits per heavy atom. The second-order valence-electron chi connectivity index (χ2n) is 12.8. The molecule has 0 aliphatic heterocycles. The van der Waals surface area contributed by atoms with Crippen molar-refractivity contribution in [1.29, 1.82) is 0 Å². The van der Waals surface area contributed by atoms with Crippen LogP contribution in [0.4, 0.5) is 0 Å². The van der Waals surface area contributed by atoms with Crippen LogP contribution in [0.1, 0.15) is 13.8 Å². The SMILES string of the molecule is CC([O-])[O-].CC([O-])[O-].[Rh+2].[Rh+2].c1ccc2cc3nc4c5cccnc5c5ncccc5c4nc3cc2c1.c1ccc2nc3c4cccnc4c4ncccc4c3nc2c1. The molecule has 6 aromatic heterocycles. The van der Waals surface area contributed by atoms with E-state index < -0.39 is 12.6 Å². The quantitative estimate of drug-likeness (QED) is 0.0855. The Morgan fingerprint density at radius 3 is 0.897 bits per heavy atom. The average Bonchev–Trinajstić information content (AvgIpc) is 3.22. The molecule has 2 radical (unpaired) electrons. The zero-order chi connectivity index (χ0) is 38.8. The summed E-state index contributed by atoms with van der Waals surface area (Å²) in [5.41, 5.74) is 10.5. The van der Waals surface area contributed by atoms with E-state index in [1.54, 1.807) is 24.8 Å². The molecule has 58 heavy (non-hydrogen) atoms. The number of hydrogen-bond donors (Lipinski definition) is 0. The van der Waals surface area contributed by atoms with Crippen LogP contribution in [0.25, 0.3) is 98.5 Å². The molecule has 5 aromatic carbocycles. The van der Waals surface area contributed by atoms with E-state index in [-0.39, 0.29) is 39.0 Å². The maximum absolute atomic E-state index is 8.97. The van der Waals surface area contributed by atoms with E-state index >= 15 is 0 Å². The predicted octanol–water partition coefficient (Wildman–Crippen LogP) is 5.01. The normalized spacial score (nSPS) is 11.0. The molecule has 288 valence electrons. The molecule has 0 aliphatic carbocycles. The topological polar surface area (TPSA) is 195 Å². The first-order valence-electron chi connectivity index (χ1n) is 17.7. The largest absolute Gasteiger partial charge is 2.00 e. The van der Waals surface area contributed by atoms with Crippen LogP contribution in [0, 0.1) is 0 Å². The molecule has 0 N–H and O–H groups in total. The Kier molecular flexibility index (Phi) is 13.2. The van der Waals surface area contributed by atoms with Gasteiger partial charge >= 0.3 is 39.0 Å². The van der Waals surface area contributed by atoms with Crippen molar-refractivity contribution in [2.75, 3.05) is 0 Å². The predicted molar refractivity (Wildman–Crippen MR) is 212 cm³/mol. The second kappa shape index (κ2) is 18.3. The van der Waals surface area contributed by atoms with Gasteiger partial charge in [-0.15, -0.1) is 0 Å². The molecule has 14 heteroatoms. The molecule has 0 aliphatic rings. The number of pyridine rings is 4. The molecule has 0 amide bonds. The van der Waals surface area contributed by atoms with Crippen molar-refractivity contribution in [1.82, 2.24) is 39.9 Å². The molecule has 0 fully saturated rings. The third-order valence-electron chi connectivity index (χ3n) is 8.80. The molecule has 0 saturated carbocycles. The molecular formula is C44H30N8O4Rh2. The number of fused-ring (bicyclic) bond motifs is 15. The minimum absolute atomic E-state index is 0. The van der Waals surface area contributed by atoms with Gasteiger partial charge in [-0.05, 0) is 83.6 Å². The Labute approximate surface area is 356 Å². The van der Waals surface area contributed by atoms with E-state index in [1.807, 2.05) is 84.9 Å². The minimum Gasteiger partial charge on any atom is -0.866 e. The fourth-order valence-corrected chi connectivity index (χ4v) is 6.63. The van der Waals surface area contributed by atoms with Gasteiger partial charge in [0.1, 0.15) is 0 Å². The average molecular weight is 941 g/mol. The first-order chi connectivity index (χ1) is 27.3. The van der Waals surface area contributed by atoms with E-state index in [2.05, 4.69) is 44.2 Å². The van der Waals surface area contributed by atoms with Crippen LogP contribution >= 0.6 is 0 Å². The summed E-state index contributed by atoms with van der Waals surface area (Å²) in [6, 6.07) is 36.3. The third kappa shape index (κ3) is 8.44. The number of hydrogen-bond acceptors (Lipinski definition) is 12. The second-order valence-corrected chi connectivity index (χ2v) is 12.8. The van der Waals surface area contributed by atoms with Crippen LogP contribution in [-0.4, -0.2) is 52.5 Å². The van der Waals surface area contributed by atoms with Gasteiger partial charge in [-0.3, -0.25) is 19.9 Å². The van der Waals surface area contributed by atoms with Crippen LogP contribution in [0.15, 0.2) is 134 Å². The Hall–Kier alpha value is -5.71. The van der Waals surface area contributed by atoms with Gasteiger partial charge in [0.25, 0.3) is 0 Å². The van der Waals surface area contributed by atoms with Gasteiger partial charge < -0.3 is 20.4 Å². The molecule has 0 saturated heterocycles. The Balaban J connectivity index is 0.000000162. The van der Waals surface area contributed by atoms with Crippen molar-refractivity contribution < 1.29 is 59.4 Å². The molecule has 0 spiro atoms. The van der Waals surface area contributed by atoms with E-state index in [0.717, 1.165) is 102 Å². The van der Waals surface area contributed by atoms with Crippen molar-refractivity contribution in [3.8, 4) is 0 Å². The third-order valence-corrected chi connectivity index (χ3v) is 8.80. The summed E-state index contributed by atoms with van der Waals surface area (Å²) in [5, 5.41) is 42.2. The van der Waals surface area contributed by atoms with Crippen molar-refractivity contribution in [3.63, 3.8) is 0 Å². The molecule has 11 rings (SSSR count). The number of nitrogens with zero attached hydrogens (tertiary/aromatic N) is 8. The van der Waals surface area contributed by atoms with Gasteiger partial charge in [0, 0.05) is 46.3 Å². The standard InChI is InChI=1S/C22H12N4.C18H10N4.2C2H4O2.2Rh/c1-2-6-14-12-18-17(11-13(14)5-1)25-21-15-7-3-9-23-19(15)20-16(22(21)26-18)8-4-10-24-20;1-2-8-14-13(7-1)21-17-11-5-3-9-19-15(11)16-12(18(17)22-14)6-4-10-20-16;2*1-2(3)4;;/h1-12H;1-10H;2*2H,1H3;;/q;;2*-2;2*+2. The molecule has 0 bridgehead atoms. The van der Waals surface area contributed by atoms with Crippen LogP contribution < -0.4 is 20.4 Å².